The van der Waals surface area contributed by atoms with E-state index < -0.39 is 0 Å². The van der Waals surface area contributed by atoms with Crippen LogP contribution in [0.4, 0.5) is 0 Å². The third-order valence-corrected chi connectivity index (χ3v) is 3.16. The van der Waals surface area contributed by atoms with Crippen LogP contribution in [0.25, 0.3) is 0 Å². The van der Waals surface area contributed by atoms with E-state index in [1.165, 1.54) is 5.56 Å². The Hall–Kier alpha value is -2.00. The summed E-state index contributed by atoms with van der Waals surface area (Å²) in [5.74, 6) is 1.68. The summed E-state index contributed by atoms with van der Waals surface area (Å²) in [7, 11) is 1.65. The summed E-state index contributed by atoms with van der Waals surface area (Å²) < 4.78 is 10.8. The van der Waals surface area contributed by atoms with Crippen LogP contribution in [0.2, 0.25) is 0 Å². The summed E-state index contributed by atoms with van der Waals surface area (Å²) >= 11 is 0. The number of ether oxygens (including phenoxy) is 2. The Bertz CT molecular complexity index is 496. The lowest BCUT2D eigenvalue weighted by Gasteiger charge is -2.12. The van der Waals surface area contributed by atoms with E-state index in [0.717, 1.165) is 24.3 Å². The zero-order chi connectivity index (χ0) is 14.2. The number of hydrogen-bond acceptors (Lipinski definition) is 3. The average Bonchev–Trinajstić information content (AvgIpc) is 2.49. The lowest BCUT2D eigenvalue weighted by Crippen LogP contribution is -2.25. The lowest BCUT2D eigenvalue weighted by molar-refractivity contribution is 0.296. The Morgan fingerprint density at radius 1 is 0.950 bits per heavy atom. The van der Waals surface area contributed by atoms with Crippen LogP contribution in [0, 0.1) is 0 Å². The van der Waals surface area contributed by atoms with Gasteiger partial charge < -0.3 is 15.2 Å². The lowest BCUT2D eigenvalue weighted by atomic mass is 10.0. The minimum Gasteiger partial charge on any atom is -0.497 e. The van der Waals surface area contributed by atoms with Gasteiger partial charge in [-0.05, 0) is 42.7 Å². The molecular weight excluding hydrogens is 250 g/mol. The van der Waals surface area contributed by atoms with E-state index in [2.05, 4.69) is 12.1 Å². The minimum absolute atomic E-state index is 0.121. The van der Waals surface area contributed by atoms with Crippen LogP contribution < -0.4 is 15.2 Å². The van der Waals surface area contributed by atoms with Crippen molar-refractivity contribution in [2.45, 2.75) is 18.9 Å². The molecule has 0 amide bonds. The summed E-state index contributed by atoms with van der Waals surface area (Å²) in [4.78, 5) is 0. The van der Waals surface area contributed by atoms with E-state index in [-0.39, 0.29) is 6.04 Å². The van der Waals surface area contributed by atoms with E-state index >= 15 is 0 Å². The zero-order valence-corrected chi connectivity index (χ0v) is 11.8. The molecule has 0 bridgehead atoms. The van der Waals surface area contributed by atoms with Crippen LogP contribution in [0.5, 0.6) is 11.5 Å². The van der Waals surface area contributed by atoms with Crippen molar-refractivity contribution in [3.8, 4) is 11.5 Å². The van der Waals surface area contributed by atoms with Gasteiger partial charge in [-0.3, -0.25) is 0 Å². The Balaban J connectivity index is 1.72. The number of methoxy groups -OCH3 is 1. The normalized spacial score (nSPS) is 11.9. The quantitative estimate of drug-likeness (QED) is 0.842. The highest BCUT2D eigenvalue weighted by Gasteiger charge is 2.04. The molecule has 2 rings (SSSR count). The van der Waals surface area contributed by atoms with Crippen molar-refractivity contribution in [2.75, 3.05) is 13.7 Å². The van der Waals surface area contributed by atoms with Crippen molar-refractivity contribution in [1.82, 2.24) is 0 Å². The topological polar surface area (TPSA) is 44.5 Å². The molecule has 0 aromatic heterocycles. The predicted octanol–water partition coefficient (Wildman–Crippen LogP) is 3.03. The van der Waals surface area contributed by atoms with Gasteiger partial charge in [-0.1, -0.05) is 30.3 Å². The molecular formula is C17H21NO2. The highest BCUT2D eigenvalue weighted by Crippen LogP contribution is 2.17. The monoisotopic (exact) mass is 271 g/mol. The summed E-state index contributed by atoms with van der Waals surface area (Å²) in [5, 5.41) is 0. The van der Waals surface area contributed by atoms with E-state index in [1.54, 1.807) is 7.11 Å². The third-order valence-electron chi connectivity index (χ3n) is 3.16. The first-order valence-corrected chi connectivity index (χ1v) is 6.84. The first-order chi connectivity index (χ1) is 9.78. The SMILES string of the molecule is COc1ccc(OCCC(N)Cc2ccccc2)cc1. The van der Waals surface area contributed by atoms with E-state index in [1.807, 2.05) is 42.5 Å². The average molecular weight is 271 g/mol. The predicted molar refractivity (Wildman–Crippen MR) is 81.2 cm³/mol. The molecule has 0 saturated heterocycles. The highest BCUT2D eigenvalue weighted by atomic mass is 16.5. The van der Waals surface area contributed by atoms with Crippen molar-refractivity contribution < 1.29 is 9.47 Å². The molecule has 0 aliphatic rings. The molecule has 0 aliphatic heterocycles. The van der Waals surface area contributed by atoms with Gasteiger partial charge in [-0.15, -0.1) is 0 Å². The summed E-state index contributed by atoms with van der Waals surface area (Å²) in [6, 6.07) is 18.0. The van der Waals surface area contributed by atoms with Gasteiger partial charge >= 0.3 is 0 Å². The molecule has 3 heteroatoms. The molecule has 2 N–H and O–H groups in total. The zero-order valence-electron chi connectivity index (χ0n) is 11.8. The Kier molecular flexibility index (Phi) is 5.44. The summed E-state index contributed by atoms with van der Waals surface area (Å²) in [6.45, 7) is 0.625. The molecule has 0 spiro atoms. The van der Waals surface area contributed by atoms with Crippen LogP contribution in [0.15, 0.2) is 54.6 Å². The molecule has 2 aromatic rings. The van der Waals surface area contributed by atoms with Crippen LogP contribution in [0.3, 0.4) is 0 Å². The first-order valence-electron chi connectivity index (χ1n) is 6.84. The molecule has 2 aromatic carbocycles. The van der Waals surface area contributed by atoms with Crippen molar-refractivity contribution in [2.24, 2.45) is 5.73 Å². The fraction of sp³-hybridized carbons (Fsp3) is 0.294. The third kappa shape index (κ3) is 4.59. The van der Waals surface area contributed by atoms with Gasteiger partial charge in [0.1, 0.15) is 11.5 Å². The summed E-state index contributed by atoms with van der Waals surface area (Å²) in [5.41, 5.74) is 7.38. The molecule has 0 radical (unpaired) electrons. The van der Waals surface area contributed by atoms with Crippen LogP contribution in [0.1, 0.15) is 12.0 Å². The van der Waals surface area contributed by atoms with E-state index in [4.69, 9.17) is 15.2 Å². The van der Waals surface area contributed by atoms with Crippen LogP contribution >= 0.6 is 0 Å². The van der Waals surface area contributed by atoms with Gasteiger partial charge in [0.2, 0.25) is 0 Å². The standard InChI is InChI=1S/C17H21NO2/c1-19-16-7-9-17(10-8-16)20-12-11-15(18)13-14-5-3-2-4-6-14/h2-10,15H,11-13,18H2,1H3. The number of hydrogen-bond donors (Lipinski definition) is 1. The molecule has 0 heterocycles. The largest absolute Gasteiger partial charge is 0.497 e. The molecule has 106 valence electrons. The Morgan fingerprint density at radius 2 is 1.60 bits per heavy atom. The molecule has 0 saturated carbocycles. The van der Waals surface area contributed by atoms with Crippen molar-refractivity contribution in [3.05, 3.63) is 60.2 Å². The van der Waals surface area contributed by atoms with Crippen molar-refractivity contribution in [3.63, 3.8) is 0 Å². The molecule has 20 heavy (non-hydrogen) atoms. The summed E-state index contributed by atoms with van der Waals surface area (Å²) in [6.07, 6.45) is 1.72. The molecule has 1 atom stereocenters. The molecule has 3 nitrogen and oxygen atoms in total. The minimum atomic E-state index is 0.121. The molecule has 1 unspecified atom stereocenters. The van der Waals surface area contributed by atoms with Gasteiger partial charge in [0.25, 0.3) is 0 Å². The second-order valence-electron chi connectivity index (χ2n) is 4.76. The molecule has 0 fully saturated rings. The maximum Gasteiger partial charge on any atom is 0.119 e. The second-order valence-corrected chi connectivity index (χ2v) is 4.76. The number of nitrogens with two attached hydrogens (primary N) is 1. The van der Waals surface area contributed by atoms with E-state index in [0.29, 0.717) is 6.61 Å². The Labute approximate surface area is 120 Å². The van der Waals surface area contributed by atoms with E-state index in [9.17, 15) is 0 Å². The van der Waals surface area contributed by atoms with Gasteiger partial charge in [-0.2, -0.15) is 0 Å². The van der Waals surface area contributed by atoms with Crippen molar-refractivity contribution in [1.29, 1.82) is 0 Å². The number of benzene rings is 2. The second kappa shape index (κ2) is 7.56. The highest BCUT2D eigenvalue weighted by molar-refractivity contribution is 5.31. The maximum absolute atomic E-state index is 6.12. The van der Waals surface area contributed by atoms with Gasteiger partial charge in [0.15, 0.2) is 0 Å². The van der Waals surface area contributed by atoms with Gasteiger partial charge in [0.05, 0.1) is 13.7 Å². The Morgan fingerprint density at radius 3 is 2.25 bits per heavy atom. The van der Waals surface area contributed by atoms with Gasteiger partial charge in [-0.25, -0.2) is 0 Å². The molecule has 0 aliphatic carbocycles. The fourth-order valence-corrected chi connectivity index (χ4v) is 2.02. The van der Waals surface area contributed by atoms with Crippen LogP contribution in [-0.2, 0) is 6.42 Å². The smallest absolute Gasteiger partial charge is 0.119 e. The number of rotatable bonds is 7. The van der Waals surface area contributed by atoms with Gasteiger partial charge in [0, 0.05) is 6.04 Å². The van der Waals surface area contributed by atoms with Crippen molar-refractivity contribution >= 4 is 0 Å². The fourth-order valence-electron chi connectivity index (χ4n) is 2.02. The maximum atomic E-state index is 6.12. The first kappa shape index (κ1) is 14.4. The van der Waals surface area contributed by atoms with Crippen LogP contribution in [-0.4, -0.2) is 19.8 Å².